The van der Waals surface area contributed by atoms with Gasteiger partial charge in [-0.2, -0.15) is 0 Å². The molecule has 0 heterocycles. The van der Waals surface area contributed by atoms with Crippen LogP contribution in [0.1, 0.15) is 26.3 Å². The van der Waals surface area contributed by atoms with Crippen LogP contribution < -0.4 is 0 Å². The number of hydrogen-bond acceptors (Lipinski definition) is 1. The smallest absolute Gasteiger partial charge is 0.116 e. The van der Waals surface area contributed by atoms with Crippen LogP contribution >= 0.6 is 22.6 Å². The van der Waals surface area contributed by atoms with Crippen LogP contribution in [0.15, 0.2) is 30.3 Å². The number of benzene rings is 2. The van der Waals surface area contributed by atoms with Crippen molar-refractivity contribution in [2.45, 2.75) is 26.2 Å². The summed E-state index contributed by atoms with van der Waals surface area (Å²) in [5, 5.41) is 12.1. The van der Waals surface area contributed by atoms with Crippen LogP contribution in [0.5, 0.6) is 5.75 Å². The highest BCUT2D eigenvalue weighted by Crippen LogP contribution is 2.35. The lowest BCUT2D eigenvalue weighted by Crippen LogP contribution is -2.12. The minimum absolute atomic E-state index is 0.0399. The van der Waals surface area contributed by atoms with E-state index in [1.54, 1.807) is 0 Å². The van der Waals surface area contributed by atoms with Crippen molar-refractivity contribution in [3.8, 4) is 5.75 Å². The van der Waals surface area contributed by atoms with Crippen molar-refractivity contribution in [2.75, 3.05) is 0 Å². The molecule has 1 N–H and O–H groups in total. The summed E-state index contributed by atoms with van der Waals surface area (Å²) in [6.07, 6.45) is 0. The Morgan fingerprint density at radius 3 is 2.44 bits per heavy atom. The molecule has 84 valence electrons. The summed E-state index contributed by atoms with van der Waals surface area (Å²) in [6.45, 7) is 6.51. The van der Waals surface area contributed by atoms with E-state index in [1.807, 2.05) is 24.3 Å². The number of halogens is 1. The van der Waals surface area contributed by atoms with Crippen molar-refractivity contribution in [3.63, 3.8) is 0 Å². The second-order valence-electron chi connectivity index (χ2n) is 5.08. The lowest BCUT2D eigenvalue weighted by molar-refractivity contribution is 0.472. The van der Waals surface area contributed by atoms with Crippen molar-refractivity contribution in [1.82, 2.24) is 0 Å². The van der Waals surface area contributed by atoms with E-state index in [1.165, 1.54) is 14.5 Å². The lowest BCUT2D eigenvalue weighted by atomic mass is 9.83. The summed E-state index contributed by atoms with van der Waals surface area (Å²) in [5.41, 5.74) is 1.24. The third-order valence-electron chi connectivity index (χ3n) is 2.72. The van der Waals surface area contributed by atoms with Gasteiger partial charge in [0, 0.05) is 3.57 Å². The monoisotopic (exact) mass is 326 g/mol. The minimum Gasteiger partial charge on any atom is -0.508 e. The van der Waals surface area contributed by atoms with Crippen molar-refractivity contribution in [3.05, 3.63) is 39.5 Å². The summed E-state index contributed by atoms with van der Waals surface area (Å²) in [4.78, 5) is 0. The van der Waals surface area contributed by atoms with Gasteiger partial charge in [-0.3, -0.25) is 0 Å². The fourth-order valence-electron chi connectivity index (χ4n) is 1.96. The van der Waals surface area contributed by atoms with Gasteiger partial charge in [0.1, 0.15) is 5.75 Å². The van der Waals surface area contributed by atoms with Crippen LogP contribution in [-0.2, 0) is 5.41 Å². The van der Waals surface area contributed by atoms with Crippen LogP contribution in [-0.4, -0.2) is 5.11 Å². The van der Waals surface area contributed by atoms with Crippen molar-refractivity contribution in [2.24, 2.45) is 0 Å². The molecule has 2 aromatic carbocycles. The van der Waals surface area contributed by atoms with Gasteiger partial charge in [0.15, 0.2) is 0 Å². The highest BCUT2D eigenvalue weighted by Gasteiger charge is 2.19. The number of phenolic OH excluding ortho intramolecular Hbond substituents is 1. The lowest BCUT2D eigenvalue weighted by Gasteiger charge is -2.22. The van der Waals surface area contributed by atoms with Crippen molar-refractivity contribution >= 4 is 33.4 Å². The SMILES string of the molecule is CC(C)(C)c1cc(O)cc2cccc(I)c12. The van der Waals surface area contributed by atoms with E-state index in [-0.39, 0.29) is 5.41 Å². The fourth-order valence-corrected chi connectivity index (χ4v) is 2.77. The number of rotatable bonds is 0. The standard InChI is InChI=1S/C14H15IO/c1-14(2,3)11-8-10(16)7-9-5-4-6-12(15)13(9)11/h4-8,16H,1-3H3. The molecule has 0 radical (unpaired) electrons. The second-order valence-corrected chi connectivity index (χ2v) is 6.24. The first kappa shape index (κ1) is 11.7. The zero-order valence-electron chi connectivity index (χ0n) is 9.71. The average Bonchev–Trinajstić information content (AvgIpc) is 2.15. The molecule has 0 amide bonds. The second kappa shape index (κ2) is 3.91. The highest BCUT2D eigenvalue weighted by atomic mass is 127. The van der Waals surface area contributed by atoms with Crippen molar-refractivity contribution in [1.29, 1.82) is 0 Å². The van der Waals surface area contributed by atoms with Gasteiger partial charge in [-0.1, -0.05) is 32.9 Å². The van der Waals surface area contributed by atoms with E-state index in [9.17, 15) is 5.11 Å². The molecule has 2 rings (SSSR count). The Bertz CT molecular complexity index is 538. The molecular weight excluding hydrogens is 311 g/mol. The largest absolute Gasteiger partial charge is 0.508 e. The Labute approximate surface area is 110 Å². The Kier molecular flexibility index (Phi) is 2.86. The van der Waals surface area contributed by atoms with Gasteiger partial charge in [-0.05, 0) is 62.5 Å². The summed E-state index contributed by atoms with van der Waals surface area (Å²) >= 11 is 2.35. The van der Waals surface area contributed by atoms with Gasteiger partial charge in [0.2, 0.25) is 0 Å². The van der Waals surface area contributed by atoms with Crippen LogP contribution in [0.3, 0.4) is 0 Å². The first-order valence-electron chi connectivity index (χ1n) is 5.31. The molecule has 2 aromatic rings. The predicted molar refractivity (Wildman–Crippen MR) is 77.0 cm³/mol. The van der Waals surface area contributed by atoms with Gasteiger partial charge in [-0.15, -0.1) is 0 Å². The van der Waals surface area contributed by atoms with Crippen molar-refractivity contribution < 1.29 is 5.11 Å². The van der Waals surface area contributed by atoms with Crippen LogP contribution in [0.4, 0.5) is 0 Å². The number of hydrogen-bond donors (Lipinski definition) is 1. The molecule has 0 spiro atoms. The van der Waals surface area contributed by atoms with E-state index >= 15 is 0 Å². The minimum atomic E-state index is 0.0399. The number of phenols is 1. The molecular formula is C14H15IO. The van der Waals surface area contributed by atoms with Gasteiger partial charge in [0.05, 0.1) is 0 Å². The molecule has 0 aliphatic heterocycles. The molecule has 0 bridgehead atoms. The Morgan fingerprint density at radius 1 is 1.12 bits per heavy atom. The summed E-state index contributed by atoms with van der Waals surface area (Å²) < 4.78 is 1.24. The maximum Gasteiger partial charge on any atom is 0.116 e. The first-order valence-corrected chi connectivity index (χ1v) is 6.39. The fraction of sp³-hybridized carbons (Fsp3) is 0.286. The summed E-state index contributed by atoms with van der Waals surface area (Å²) in [6, 6.07) is 9.88. The quantitative estimate of drug-likeness (QED) is 0.709. The molecule has 0 fully saturated rings. The van der Waals surface area contributed by atoms with Gasteiger partial charge < -0.3 is 5.11 Å². The molecule has 16 heavy (non-hydrogen) atoms. The third kappa shape index (κ3) is 2.03. The van der Waals surface area contributed by atoms with E-state index in [0.29, 0.717) is 5.75 Å². The molecule has 0 aliphatic rings. The zero-order valence-corrected chi connectivity index (χ0v) is 11.9. The Morgan fingerprint density at radius 2 is 1.81 bits per heavy atom. The number of fused-ring (bicyclic) bond motifs is 1. The zero-order chi connectivity index (χ0) is 11.9. The van der Waals surface area contributed by atoms with Crippen LogP contribution in [0, 0.1) is 3.57 Å². The van der Waals surface area contributed by atoms with E-state index in [0.717, 1.165) is 5.39 Å². The maximum atomic E-state index is 9.76. The average molecular weight is 326 g/mol. The van der Waals surface area contributed by atoms with Crippen LogP contribution in [0.25, 0.3) is 10.8 Å². The Hall–Kier alpha value is -0.770. The normalized spacial score (nSPS) is 12.0. The molecule has 0 saturated heterocycles. The molecule has 0 unspecified atom stereocenters. The molecule has 1 nitrogen and oxygen atoms in total. The molecule has 0 atom stereocenters. The third-order valence-corrected chi connectivity index (χ3v) is 3.62. The van der Waals surface area contributed by atoms with Gasteiger partial charge in [0.25, 0.3) is 0 Å². The molecule has 0 aliphatic carbocycles. The summed E-state index contributed by atoms with van der Waals surface area (Å²) in [7, 11) is 0. The Balaban J connectivity index is 2.91. The van der Waals surface area contributed by atoms with Gasteiger partial charge >= 0.3 is 0 Å². The number of aromatic hydroxyl groups is 1. The highest BCUT2D eigenvalue weighted by molar-refractivity contribution is 14.1. The van der Waals surface area contributed by atoms with Gasteiger partial charge in [-0.25, -0.2) is 0 Å². The van der Waals surface area contributed by atoms with E-state index < -0.39 is 0 Å². The maximum absolute atomic E-state index is 9.76. The van der Waals surface area contributed by atoms with E-state index in [2.05, 4.69) is 49.4 Å². The van der Waals surface area contributed by atoms with Crippen LogP contribution in [0.2, 0.25) is 0 Å². The molecule has 0 aromatic heterocycles. The molecule has 2 heteroatoms. The van der Waals surface area contributed by atoms with E-state index in [4.69, 9.17) is 0 Å². The predicted octanol–water partition coefficient (Wildman–Crippen LogP) is 4.45. The topological polar surface area (TPSA) is 20.2 Å². The first-order chi connectivity index (χ1) is 7.39. The summed E-state index contributed by atoms with van der Waals surface area (Å²) in [5.74, 6) is 0.347. The molecule has 0 saturated carbocycles.